The molecule has 0 aromatic carbocycles. The lowest BCUT2D eigenvalue weighted by Crippen LogP contribution is -2.25. The van der Waals surface area contributed by atoms with Gasteiger partial charge in [0.1, 0.15) is 0 Å². The number of rotatable bonds is 3. The molecule has 3 nitrogen and oxygen atoms in total. The molecular formula is C9H14N2O. The van der Waals surface area contributed by atoms with Gasteiger partial charge in [-0.1, -0.05) is 13.8 Å². The van der Waals surface area contributed by atoms with Gasteiger partial charge in [-0.15, -0.1) is 0 Å². The van der Waals surface area contributed by atoms with E-state index in [4.69, 9.17) is 0 Å². The second kappa shape index (κ2) is 4.04. The van der Waals surface area contributed by atoms with Crippen molar-refractivity contribution in [2.45, 2.75) is 32.7 Å². The van der Waals surface area contributed by atoms with Gasteiger partial charge < -0.3 is 0 Å². The summed E-state index contributed by atoms with van der Waals surface area (Å²) in [7, 11) is 0. The van der Waals surface area contributed by atoms with Gasteiger partial charge in [0.15, 0.2) is 0 Å². The molecule has 0 N–H and O–H groups in total. The lowest BCUT2D eigenvalue weighted by atomic mass is 10.2. The van der Waals surface area contributed by atoms with Crippen molar-refractivity contribution in [2.24, 2.45) is 0 Å². The molecule has 0 saturated carbocycles. The zero-order chi connectivity index (χ0) is 8.97. The summed E-state index contributed by atoms with van der Waals surface area (Å²) in [6, 6.07) is 2.09. The van der Waals surface area contributed by atoms with Gasteiger partial charge >= 0.3 is 5.69 Å². The zero-order valence-electron chi connectivity index (χ0n) is 7.53. The average Bonchev–Trinajstić information content (AvgIpc) is 2.10. The van der Waals surface area contributed by atoms with Crippen LogP contribution in [0.15, 0.2) is 23.3 Å². The summed E-state index contributed by atoms with van der Waals surface area (Å²) in [5.41, 5.74) is -0.147. The summed E-state index contributed by atoms with van der Waals surface area (Å²) >= 11 is 0. The summed E-state index contributed by atoms with van der Waals surface area (Å²) in [5, 5.41) is 0. The molecule has 0 radical (unpaired) electrons. The molecule has 0 fully saturated rings. The second-order valence-electron chi connectivity index (χ2n) is 2.78. The highest BCUT2D eigenvalue weighted by Crippen LogP contribution is 2.11. The van der Waals surface area contributed by atoms with E-state index in [1.165, 1.54) is 6.20 Å². The summed E-state index contributed by atoms with van der Waals surface area (Å²) in [4.78, 5) is 14.9. The maximum absolute atomic E-state index is 11.2. The fourth-order valence-electron chi connectivity index (χ4n) is 1.33. The van der Waals surface area contributed by atoms with Crippen LogP contribution in [-0.2, 0) is 0 Å². The fourth-order valence-corrected chi connectivity index (χ4v) is 1.33. The minimum atomic E-state index is -0.147. The number of hydrogen-bond donors (Lipinski definition) is 0. The third kappa shape index (κ3) is 1.72. The van der Waals surface area contributed by atoms with Crippen LogP contribution in [0, 0.1) is 0 Å². The Morgan fingerprint density at radius 1 is 1.50 bits per heavy atom. The maximum Gasteiger partial charge on any atom is 0.347 e. The van der Waals surface area contributed by atoms with E-state index in [1.54, 1.807) is 16.8 Å². The highest BCUT2D eigenvalue weighted by molar-refractivity contribution is 4.84. The Balaban J connectivity index is 3.00. The van der Waals surface area contributed by atoms with Crippen LogP contribution >= 0.6 is 0 Å². The van der Waals surface area contributed by atoms with Crippen LogP contribution in [-0.4, -0.2) is 9.55 Å². The largest absolute Gasteiger partial charge is 0.347 e. The van der Waals surface area contributed by atoms with Gasteiger partial charge in [0, 0.05) is 18.4 Å². The van der Waals surface area contributed by atoms with E-state index in [0.29, 0.717) is 6.04 Å². The SMILES string of the molecule is CCC(CC)n1cccnc1=O. The van der Waals surface area contributed by atoms with Crippen molar-refractivity contribution >= 4 is 0 Å². The van der Waals surface area contributed by atoms with Crippen molar-refractivity contribution < 1.29 is 0 Å². The molecule has 0 atom stereocenters. The van der Waals surface area contributed by atoms with E-state index < -0.39 is 0 Å². The molecule has 3 heteroatoms. The topological polar surface area (TPSA) is 34.9 Å². The first-order chi connectivity index (χ1) is 5.79. The molecular weight excluding hydrogens is 152 g/mol. The highest BCUT2D eigenvalue weighted by atomic mass is 16.1. The van der Waals surface area contributed by atoms with E-state index in [2.05, 4.69) is 18.8 Å². The van der Waals surface area contributed by atoms with Crippen molar-refractivity contribution in [3.8, 4) is 0 Å². The van der Waals surface area contributed by atoms with Crippen molar-refractivity contribution in [1.29, 1.82) is 0 Å². The first-order valence-corrected chi connectivity index (χ1v) is 4.32. The lowest BCUT2D eigenvalue weighted by molar-refractivity contribution is 0.450. The molecule has 66 valence electrons. The van der Waals surface area contributed by atoms with E-state index in [1.807, 2.05) is 0 Å². The molecule has 0 spiro atoms. The van der Waals surface area contributed by atoms with Gasteiger partial charge in [0.05, 0.1) is 0 Å². The number of nitrogens with zero attached hydrogens (tertiary/aromatic N) is 2. The van der Waals surface area contributed by atoms with Gasteiger partial charge in [-0.25, -0.2) is 9.78 Å². The van der Waals surface area contributed by atoms with Crippen molar-refractivity contribution in [2.75, 3.05) is 0 Å². The predicted octanol–water partition coefficient (Wildman–Crippen LogP) is 1.60. The molecule has 0 aliphatic rings. The van der Waals surface area contributed by atoms with Gasteiger partial charge in [0.25, 0.3) is 0 Å². The molecule has 0 aliphatic carbocycles. The van der Waals surface area contributed by atoms with Crippen LogP contribution in [0.25, 0.3) is 0 Å². The second-order valence-corrected chi connectivity index (χ2v) is 2.78. The van der Waals surface area contributed by atoms with Crippen LogP contribution in [0.2, 0.25) is 0 Å². The first-order valence-electron chi connectivity index (χ1n) is 4.32. The Morgan fingerprint density at radius 3 is 2.67 bits per heavy atom. The molecule has 1 aromatic rings. The summed E-state index contributed by atoms with van der Waals surface area (Å²) < 4.78 is 1.69. The average molecular weight is 166 g/mol. The normalized spacial score (nSPS) is 10.6. The van der Waals surface area contributed by atoms with E-state index in [9.17, 15) is 4.79 Å². The van der Waals surface area contributed by atoms with E-state index in [0.717, 1.165) is 12.8 Å². The Hall–Kier alpha value is -1.12. The van der Waals surface area contributed by atoms with Gasteiger partial charge in [0.2, 0.25) is 0 Å². The highest BCUT2D eigenvalue weighted by Gasteiger charge is 2.06. The van der Waals surface area contributed by atoms with E-state index >= 15 is 0 Å². The molecule has 0 saturated heterocycles. The molecule has 1 rings (SSSR count). The number of hydrogen-bond acceptors (Lipinski definition) is 2. The standard InChI is InChI=1S/C9H14N2O/c1-3-8(4-2)11-7-5-6-10-9(11)12/h5-8H,3-4H2,1-2H3. The molecule has 0 bridgehead atoms. The summed E-state index contributed by atoms with van der Waals surface area (Å²) in [6.07, 6.45) is 5.28. The smallest absolute Gasteiger partial charge is 0.296 e. The molecule has 1 aromatic heterocycles. The Morgan fingerprint density at radius 2 is 2.17 bits per heavy atom. The van der Waals surface area contributed by atoms with Gasteiger partial charge in [-0.05, 0) is 18.9 Å². The molecule has 0 amide bonds. The van der Waals surface area contributed by atoms with Gasteiger partial charge in [-0.3, -0.25) is 4.57 Å². The monoisotopic (exact) mass is 166 g/mol. The lowest BCUT2D eigenvalue weighted by Gasteiger charge is -2.14. The molecule has 0 aliphatic heterocycles. The summed E-state index contributed by atoms with van der Waals surface area (Å²) in [6.45, 7) is 4.15. The van der Waals surface area contributed by atoms with Crippen molar-refractivity contribution in [1.82, 2.24) is 9.55 Å². The minimum Gasteiger partial charge on any atom is -0.296 e. The van der Waals surface area contributed by atoms with Crippen molar-refractivity contribution in [3.63, 3.8) is 0 Å². The Bertz CT molecular complexity index is 289. The van der Waals surface area contributed by atoms with Crippen LogP contribution in [0.3, 0.4) is 0 Å². The summed E-state index contributed by atoms with van der Waals surface area (Å²) in [5.74, 6) is 0. The Labute approximate surface area is 72.1 Å². The first kappa shape index (κ1) is 8.97. The molecule has 12 heavy (non-hydrogen) atoms. The molecule has 1 heterocycles. The minimum absolute atomic E-state index is 0.147. The van der Waals surface area contributed by atoms with E-state index in [-0.39, 0.29) is 5.69 Å². The van der Waals surface area contributed by atoms with Gasteiger partial charge in [-0.2, -0.15) is 0 Å². The number of aromatic nitrogens is 2. The maximum atomic E-state index is 11.2. The quantitative estimate of drug-likeness (QED) is 0.683. The fraction of sp³-hybridized carbons (Fsp3) is 0.556. The van der Waals surface area contributed by atoms with Crippen LogP contribution in [0.5, 0.6) is 0 Å². The zero-order valence-corrected chi connectivity index (χ0v) is 7.53. The van der Waals surface area contributed by atoms with Crippen LogP contribution in [0.1, 0.15) is 32.7 Å². The third-order valence-electron chi connectivity index (χ3n) is 2.07. The Kier molecular flexibility index (Phi) is 3.02. The molecule has 0 unspecified atom stereocenters. The predicted molar refractivity (Wildman–Crippen MR) is 48.1 cm³/mol. The van der Waals surface area contributed by atoms with Crippen LogP contribution in [0.4, 0.5) is 0 Å². The van der Waals surface area contributed by atoms with Crippen LogP contribution < -0.4 is 5.69 Å². The third-order valence-corrected chi connectivity index (χ3v) is 2.07. The van der Waals surface area contributed by atoms with Crippen molar-refractivity contribution in [3.05, 3.63) is 28.9 Å².